The molecule has 1 aliphatic rings. The molecule has 3 rings (SSSR count). The molecule has 0 N–H and O–H groups in total. The van der Waals surface area contributed by atoms with Crippen molar-refractivity contribution in [3.05, 3.63) is 65.7 Å². The first-order chi connectivity index (χ1) is 12.6. The van der Waals surface area contributed by atoms with Gasteiger partial charge >= 0.3 is 0 Å². The highest BCUT2D eigenvalue weighted by Crippen LogP contribution is 2.32. The van der Waals surface area contributed by atoms with Crippen molar-refractivity contribution in [3.8, 4) is 5.75 Å². The molecule has 0 saturated heterocycles. The van der Waals surface area contributed by atoms with Gasteiger partial charge in [0.2, 0.25) is 0 Å². The van der Waals surface area contributed by atoms with E-state index in [0.29, 0.717) is 23.5 Å². The van der Waals surface area contributed by atoms with E-state index in [4.69, 9.17) is 4.74 Å². The normalized spacial score (nSPS) is 16.1. The Morgan fingerprint density at radius 3 is 2.41 bits per heavy atom. The fourth-order valence-corrected chi connectivity index (χ4v) is 3.39. The Labute approximate surface area is 159 Å². The molecule has 140 valence electrons. The molecular formula is C21H21NO4S. The average Bonchev–Trinajstić information content (AvgIpc) is 2.62. The van der Waals surface area contributed by atoms with Gasteiger partial charge < -0.3 is 4.74 Å². The van der Waals surface area contributed by atoms with Gasteiger partial charge in [-0.05, 0) is 48.7 Å². The molecule has 0 aromatic heterocycles. The molecule has 0 radical (unpaired) electrons. The third-order valence-corrected chi connectivity index (χ3v) is 5.37. The summed E-state index contributed by atoms with van der Waals surface area (Å²) in [7, 11) is -3.43. The van der Waals surface area contributed by atoms with Gasteiger partial charge in [-0.25, -0.2) is 13.4 Å². The molecule has 6 heteroatoms. The number of hydrogen-bond acceptors (Lipinski definition) is 4. The predicted octanol–water partition coefficient (Wildman–Crippen LogP) is 3.69. The van der Waals surface area contributed by atoms with Gasteiger partial charge in [0.15, 0.2) is 9.84 Å². The molecular weight excluding hydrogens is 362 g/mol. The Kier molecular flexibility index (Phi) is 5.02. The molecule has 0 spiro atoms. The minimum Gasteiger partial charge on any atom is -0.489 e. The number of aliphatic imine (C=N–C) groups is 1. The molecule has 1 amide bonds. The summed E-state index contributed by atoms with van der Waals surface area (Å²) >= 11 is 0. The summed E-state index contributed by atoms with van der Waals surface area (Å²) in [6.45, 7) is 3.88. The summed E-state index contributed by atoms with van der Waals surface area (Å²) in [5.74, 6) is 0.215. The van der Waals surface area contributed by atoms with Crippen LogP contribution < -0.4 is 4.74 Å². The highest BCUT2D eigenvalue weighted by Gasteiger charge is 2.28. The second kappa shape index (κ2) is 7.12. The maximum absolute atomic E-state index is 12.1. The highest BCUT2D eigenvalue weighted by atomic mass is 32.2. The Morgan fingerprint density at radius 1 is 1.07 bits per heavy atom. The molecule has 0 fully saturated rings. The van der Waals surface area contributed by atoms with Crippen molar-refractivity contribution in [2.24, 2.45) is 10.4 Å². The number of ether oxygens (including phenoxy) is 1. The number of allylic oxidation sites excluding steroid dienone is 1. The lowest BCUT2D eigenvalue weighted by Crippen LogP contribution is -2.23. The molecule has 0 atom stereocenters. The third-order valence-electron chi connectivity index (χ3n) is 4.28. The van der Waals surface area contributed by atoms with Crippen LogP contribution in [0.1, 0.15) is 25.0 Å². The SMILES string of the molecule is CC1(C)C=C(c2cc(OCc3ccccc3)cc(S(C)(=O)=O)c2)C=NC1=O. The van der Waals surface area contributed by atoms with Crippen molar-refractivity contribution in [1.82, 2.24) is 0 Å². The summed E-state index contributed by atoms with van der Waals surface area (Å²) in [6.07, 6.45) is 4.42. The fourth-order valence-electron chi connectivity index (χ4n) is 2.72. The minimum atomic E-state index is -3.43. The lowest BCUT2D eigenvalue weighted by atomic mass is 9.86. The van der Waals surface area contributed by atoms with Gasteiger partial charge in [0.05, 0.1) is 10.3 Å². The second-order valence-corrected chi connectivity index (χ2v) is 9.14. The fraction of sp³-hybridized carbons (Fsp3) is 0.238. The van der Waals surface area contributed by atoms with Crippen LogP contribution in [0.5, 0.6) is 5.75 Å². The Balaban J connectivity index is 1.99. The molecule has 0 aliphatic carbocycles. The number of sulfone groups is 1. The lowest BCUT2D eigenvalue weighted by Gasteiger charge is -2.21. The number of benzene rings is 2. The zero-order valence-electron chi connectivity index (χ0n) is 15.5. The summed E-state index contributed by atoms with van der Waals surface area (Å²) < 4.78 is 30.1. The Hall–Kier alpha value is -2.73. The average molecular weight is 383 g/mol. The first-order valence-corrected chi connectivity index (χ1v) is 10.4. The summed E-state index contributed by atoms with van der Waals surface area (Å²) in [5, 5.41) is 0. The van der Waals surface area contributed by atoms with E-state index >= 15 is 0 Å². The van der Waals surface area contributed by atoms with E-state index in [2.05, 4.69) is 4.99 Å². The number of dihydropyridines is 1. The van der Waals surface area contributed by atoms with Crippen LogP contribution in [0.25, 0.3) is 5.57 Å². The number of amides is 1. The first-order valence-electron chi connectivity index (χ1n) is 8.49. The summed E-state index contributed by atoms with van der Waals surface area (Å²) in [4.78, 5) is 16.0. The van der Waals surface area contributed by atoms with Crippen molar-refractivity contribution >= 4 is 27.5 Å². The molecule has 1 heterocycles. The van der Waals surface area contributed by atoms with Crippen molar-refractivity contribution in [3.63, 3.8) is 0 Å². The monoisotopic (exact) mass is 383 g/mol. The van der Waals surface area contributed by atoms with Gasteiger partial charge in [0.25, 0.3) is 5.91 Å². The van der Waals surface area contributed by atoms with Crippen LogP contribution in [0.2, 0.25) is 0 Å². The molecule has 0 saturated carbocycles. The van der Waals surface area contributed by atoms with Gasteiger partial charge in [-0.2, -0.15) is 0 Å². The topological polar surface area (TPSA) is 72.8 Å². The van der Waals surface area contributed by atoms with E-state index in [-0.39, 0.29) is 10.8 Å². The number of nitrogens with zero attached hydrogens (tertiary/aromatic N) is 1. The smallest absolute Gasteiger partial charge is 0.255 e. The minimum absolute atomic E-state index is 0.159. The zero-order chi connectivity index (χ0) is 19.7. The van der Waals surface area contributed by atoms with Crippen LogP contribution in [0.4, 0.5) is 0 Å². The van der Waals surface area contributed by atoms with Gasteiger partial charge in [0.1, 0.15) is 12.4 Å². The van der Waals surface area contributed by atoms with Crippen LogP contribution in [0, 0.1) is 5.41 Å². The molecule has 2 aromatic rings. The van der Waals surface area contributed by atoms with Gasteiger partial charge in [-0.1, -0.05) is 36.4 Å². The van der Waals surface area contributed by atoms with Crippen LogP contribution in [0.15, 0.2) is 64.5 Å². The summed E-state index contributed by atoms with van der Waals surface area (Å²) in [6, 6.07) is 14.5. The third kappa shape index (κ3) is 4.52. The maximum Gasteiger partial charge on any atom is 0.255 e. The van der Waals surface area contributed by atoms with E-state index in [1.54, 1.807) is 32.1 Å². The molecule has 5 nitrogen and oxygen atoms in total. The van der Waals surface area contributed by atoms with E-state index in [0.717, 1.165) is 11.8 Å². The Morgan fingerprint density at radius 2 is 1.78 bits per heavy atom. The number of carbonyl (C=O) groups excluding carboxylic acids is 1. The van der Waals surface area contributed by atoms with E-state index in [9.17, 15) is 13.2 Å². The van der Waals surface area contributed by atoms with E-state index in [1.165, 1.54) is 12.3 Å². The van der Waals surface area contributed by atoms with Gasteiger partial charge in [0, 0.05) is 12.5 Å². The molecule has 2 aromatic carbocycles. The zero-order valence-corrected chi connectivity index (χ0v) is 16.3. The Bertz CT molecular complexity index is 1040. The molecule has 0 bridgehead atoms. The summed E-state index contributed by atoms with van der Waals surface area (Å²) in [5.41, 5.74) is 1.57. The van der Waals surface area contributed by atoms with Crippen molar-refractivity contribution in [2.75, 3.05) is 6.26 Å². The standard InChI is InChI=1S/C21H21NO4S/c1-21(2)12-17(13-22-20(21)23)16-9-18(11-19(10-16)27(3,24)25)26-14-15-7-5-4-6-8-15/h4-13H,14H2,1-3H3. The predicted molar refractivity (Wildman–Crippen MR) is 106 cm³/mol. The van der Waals surface area contributed by atoms with Gasteiger partial charge in [-0.3, -0.25) is 4.79 Å². The van der Waals surface area contributed by atoms with Crippen LogP contribution in [-0.4, -0.2) is 26.8 Å². The largest absolute Gasteiger partial charge is 0.489 e. The van der Waals surface area contributed by atoms with E-state index in [1.807, 2.05) is 30.3 Å². The van der Waals surface area contributed by atoms with Gasteiger partial charge in [-0.15, -0.1) is 0 Å². The van der Waals surface area contributed by atoms with Crippen LogP contribution in [-0.2, 0) is 21.2 Å². The maximum atomic E-state index is 12.1. The van der Waals surface area contributed by atoms with Crippen LogP contribution >= 0.6 is 0 Å². The van der Waals surface area contributed by atoms with Crippen LogP contribution in [0.3, 0.4) is 0 Å². The molecule has 27 heavy (non-hydrogen) atoms. The quantitative estimate of drug-likeness (QED) is 0.789. The van der Waals surface area contributed by atoms with E-state index < -0.39 is 15.3 Å². The first kappa shape index (κ1) is 19.0. The lowest BCUT2D eigenvalue weighted by molar-refractivity contribution is -0.123. The molecule has 0 unspecified atom stereocenters. The number of hydrogen-bond donors (Lipinski definition) is 0. The number of rotatable bonds is 5. The van der Waals surface area contributed by atoms with Crippen molar-refractivity contribution < 1.29 is 17.9 Å². The van der Waals surface area contributed by atoms with Crippen molar-refractivity contribution in [1.29, 1.82) is 0 Å². The molecule has 1 aliphatic heterocycles. The van der Waals surface area contributed by atoms with Crippen molar-refractivity contribution in [2.45, 2.75) is 25.3 Å². The highest BCUT2D eigenvalue weighted by molar-refractivity contribution is 7.90. The number of carbonyl (C=O) groups is 1. The second-order valence-electron chi connectivity index (χ2n) is 7.12.